The number of morpholine rings is 1. The highest BCUT2D eigenvalue weighted by Crippen LogP contribution is 2.30. The summed E-state index contributed by atoms with van der Waals surface area (Å²) >= 11 is 0. The highest BCUT2D eigenvalue weighted by Gasteiger charge is 2.23. The zero-order valence-corrected chi connectivity index (χ0v) is 10.6. The number of ether oxygens (including phenoxy) is 2. The first kappa shape index (κ1) is 13.4. The van der Waals surface area contributed by atoms with Crippen molar-refractivity contribution in [1.29, 1.82) is 0 Å². The van der Waals surface area contributed by atoms with E-state index >= 15 is 0 Å². The molecule has 6 nitrogen and oxygen atoms in total. The van der Waals surface area contributed by atoms with Gasteiger partial charge in [0.05, 0.1) is 25.8 Å². The van der Waals surface area contributed by atoms with E-state index < -0.39 is 5.97 Å². The number of carbonyl (C=O) groups excluding carboxylic acids is 1. The largest absolute Gasteiger partial charge is 0.495 e. The molecule has 1 N–H and O–H groups in total. The number of hydrogen-bond donors (Lipinski definition) is 1. The molecule has 1 aliphatic heterocycles. The van der Waals surface area contributed by atoms with Crippen LogP contribution in [0, 0.1) is 0 Å². The SMILES string of the molecule is COc1ccc(CC(=O)O)cc1N1CCOCC1=O. The number of rotatable bonds is 4. The first-order valence-electron chi connectivity index (χ1n) is 5.88. The molecule has 0 aliphatic carbocycles. The number of nitrogens with zero attached hydrogens (tertiary/aromatic N) is 1. The van der Waals surface area contributed by atoms with Crippen molar-refractivity contribution in [2.75, 3.05) is 31.8 Å². The third-order valence-electron chi connectivity index (χ3n) is 2.88. The van der Waals surface area contributed by atoms with Crippen molar-refractivity contribution in [1.82, 2.24) is 0 Å². The maximum absolute atomic E-state index is 11.8. The summed E-state index contributed by atoms with van der Waals surface area (Å²) in [5, 5.41) is 8.81. The molecule has 0 atom stereocenters. The Morgan fingerprint density at radius 2 is 2.32 bits per heavy atom. The number of carboxylic acid groups (broad SMARTS) is 1. The lowest BCUT2D eigenvalue weighted by Gasteiger charge is -2.28. The van der Waals surface area contributed by atoms with E-state index in [1.807, 2.05) is 0 Å². The van der Waals surface area contributed by atoms with Gasteiger partial charge in [0, 0.05) is 6.54 Å². The molecule has 1 aliphatic rings. The molecule has 1 fully saturated rings. The Morgan fingerprint density at radius 3 is 2.95 bits per heavy atom. The van der Waals surface area contributed by atoms with Gasteiger partial charge in [0.25, 0.3) is 5.91 Å². The number of methoxy groups -OCH3 is 1. The fourth-order valence-electron chi connectivity index (χ4n) is 2.00. The fraction of sp³-hybridized carbons (Fsp3) is 0.385. The van der Waals surface area contributed by atoms with Crippen LogP contribution >= 0.6 is 0 Å². The molecule has 0 radical (unpaired) electrons. The lowest BCUT2D eigenvalue weighted by Crippen LogP contribution is -2.41. The molecule has 19 heavy (non-hydrogen) atoms. The van der Waals surface area contributed by atoms with E-state index in [-0.39, 0.29) is 18.9 Å². The van der Waals surface area contributed by atoms with Crippen LogP contribution in [0.15, 0.2) is 18.2 Å². The molecule has 2 rings (SSSR count). The minimum absolute atomic E-state index is 0.0340. The second kappa shape index (κ2) is 5.71. The normalized spacial score (nSPS) is 15.4. The number of hydrogen-bond acceptors (Lipinski definition) is 4. The van der Waals surface area contributed by atoms with Crippen molar-refractivity contribution in [2.24, 2.45) is 0 Å². The summed E-state index contributed by atoms with van der Waals surface area (Å²) < 4.78 is 10.3. The van der Waals surface area contributed by atoms with Crippen LogP contribution in [0.1, 0.15) is 5.56 Å². The molecule has 1 aromatic rings. The molecule has 0 aromatic heterocycles. The van der Waals surface area contributed by atoms with Crippen molar-refractivity contribution in [3.05, 3.63) is 23.8 Å². The minimum atomic E-state index is -0.913. The lowest BCUT2D eigenvalue weighted by molar-refractivity contribution is -0.136. The number of carbonyl (C=O) groups is 2. The van der Waals surface area contributed by atoms with Gasteiger partial charge in [-0.05, 0) is 17.7 Å². The van der Waals surface area contributed by atoms with Gasteiger partial charge in [-0.1, -0.05) is 6.07 Å². The predicted molar refractivity (Wildman–Crippen MR) is 67.5 cm³/mol. The van der Waals surface area contributed by atoms with Crippen LogP contribution in [-0.2, 0) is 20.7 Å². The van der Waals surface area contributed by atoms with Gasteiger partial charge in [0.2, 0.25) is 0 Å². The van der Waals surface area contributed by atoms with Gasteiger partial charge in [0.15, 0.2) is 0 Å². The van der Waals surface area contributed by atoms with E-state index in [1.54, 1.807) is 23.1 Å². The van der Waals surface area contributed by atoms with Gasteiger partial charge in [-0.3, -0.25) is 9.59 Å². The average Bonchev–Trinajstić information content (AvgIpc) is 2.38. The van der Waals surface area contributed by atoms with E-state index in [0.29, 0.717) is 30.2 Å². The van der Waals surface area contributed by atoms with Gasteiger partial charge >= 0.3 is 5.97 Å². The summed E-state index contributed by atoms with van der Waals surface area (Å²) in [6, 6.07) is 5.04. The summed E-state index contributed by atoms with van der Waals surface area (Å²) in [6.45, 7) is 0.927. The minimum Gasteiger partial charge on any atom is -0.495 e. The number of anilines is 1. The van der Waals surface area contributed by atoms with Crippen LogP contribution in [0.4, 0.5) is 5.69 Å². The number of benzene rings is 1. The maximum Gasteiger partial charge on any atom is 0.307 e. The van der Waals surface area contributed by atoms with Gasteiger partial charge < -0.3 is 19.5 Å². The Balaban J connectivity index is 2.34. The molecule has 1 heterocycles. The third-order valence-corrected chi connectivity index (χ3v) is 2.88. The van der Waals surface area contributed by atoms with E-state index in [4.69, 9.17) is 14.6 Å². The number of carboxylic acids is 1. The highest BCUT2D eigenvalue weighted by atomic mass is 16.5. The molecule has 0 bridgehead atoms. The van der Waals surface area contributed by atoms with E-state index in [0.717, 1.165) is 0 Å². The molecule has 1 aromatic carbocycles. The van der Waals surface area contributed by atoms with E-state index in [2.05, 4.69) is 0 Å². The molecule has 102 valence electrons. The smallest absolute Gasteiger partial charge is 0.307 e. The highest BCUT2D eigenvalue weighted by molar-refractivity contribution is 5.96. The molecule has 0 saturated carbocycles. The van der Waals surface area contributed by atoms with Gasteiger partial charge in [0.1, 0.15) is 12.4 Å². The second-order valence-electron chi connectivity index (χ2n) is 4.17. The number of aliphatic carboxylic acids is 1. The number of amides is 1. The van der Waals surface area contributed by atoms with Crippen LogP contribution in [0.2, 0.25) is 0 Å². The van der Waals surface area contributed by atoms with Crippen LogP contribution in [0.3, 0.4) is 0 Å². The Morgan fingerprint density at radius 1 is 1.53 bits per heavy atom. The van der Waals surface area contributed by atoms with Crippen molar-refractivity contribution in [2.45, 2.75) is 6.42 Å². The first-order valence-corrected chi connectivity index (χ1v) is 5.88. The Labute approximate surface area is 110 Å². The van der Waals surface area contributed by atoms with Crippen molar-refractivity contribution < 1.29 is 24.2 Å². The quantitative estimate of drug-likeness (QED) is 0.866. The molecule has 1 saturated heterocycles. The molecule has 0 unspecified atom stereocenters. The fourth-order valence-corrected chi connectivity index (χ4v) is 2.00. The van der Waals surface area contributed by atoms with Gasteiger partial charge in [-0.25, -0.2) is 0 Å². The maximum atomic E-state index is 11.8. The summed E-state index contributed by atoms with van der Waals surface area (Å²) in [6.07, 6.45) is -0.0878. The first-order chi connectivity index (χ1) is 9.11. The Kier molecular flexibility index (Phi) is 4.01. The van der Waals surface area contributed by atoms with E-state index in [9.17, 15) is 9.59 Å². The second-order valence-corrected chi connectivity index (χ2v) is 4.17. The summed E-state index contributed by atoms with van der Waals surface area (Å²) in [5.41, 5.74) is 1.22. The van der Waals surface area contributed by atoms with E-state index in [1.165, 1.54) is 7.11 Å². The average molecular weight is 265 g/mol. The van der Waals surface area contributed by atoms with Crippen LogP contribution < -0.4 is 9.64 Å². The standard InChI is InChI=1S/C13H15NO5/c1-18-11-3-2-9(7-13(16)17)6-10(11)14-4-5-19-8-12(14)15/h2-3,6H,4-5,7-8H2,1H3,(H,16,17). The lowest BCUT2D eigenvalue weighted by atomic mass is 10.1. The molecular formula is C13H15NO5. The molecular weight excluding hydrogens is 250 g/mol. The van der Waals surface area contributed by atoms with Gasteiger partial charge in [-0.2, -0.15) is 0 Å². The Hall–Kier alpha value is -2.08. The molecule has 1 amide bonds. The molecule has 6 heteroatoms. The van der Waals surface area contributed by atoms with Crippen molar-refractivity contribution in [3.63, 3.8) is 0 Å². The zero-order valence-electron chi connectivity index (χ0n) is 10.6. The van der Waals surface area contributed by atoms with Gasteiger partial charge in [-0.15, -0.1) is 0 Å². The third kappa shape index (κ3) is 3.03. The van der Waals surface area contributed by atoms with Crippen LogP contribution in [0.25, 0.3) is 0 Å². The topological polar surface area (TPSA) is 76.1 Å². The summed E-state index contributed by atoms with van der Waals surface area (Å²) in [7, 11) is 1.51. The van der Waals surface area contributed by atoms with Crippen molar-refractivity contribution >= 4 is 17.6 Å². The Bertz CT molecular complexity index is 500. The molecule has 0 spiro atoms. The van der Waals surface area contributed by atoms with Crippen LogP contribution in [-0.4, -0.2) is 43.9 Å². The van der Waals surface area contributed by atoms with Crippen LogP contribution in [0.5, 0.6) is 5.75 Å². The predicted octanol–water partition coefficient (Wildman–Crippen LogP) is 0.685. The van der Waals surface area contributed by atoms with Crippen molar-refractivity contribution in [3.8, 4) is 5.75 Å². The summed E-state index contributed by atoms with van der Waals surface area (Å²) in [4.78, 5) is 24.1. The monoisotopic (exact) mass is 265 g/mol. The summed E-state index contributed by atoms with van der Waals surface area (Å²) in [5.74, 6) is -0.522. The zero-order chi connectivity index (χ0) is 13.8.